The van der Waals surface area contributed by atoms with Gasteiger partial charge in [-0.15, -0.1) is 0 Å². The van der Waals surface area contributed by atoms with Crippen LogP contribution in [-0.2, 0) is 11.2 Å². The van der Waals surface area contributed by atoms with E-state index in [0.29, 0.717) is 21.9 Å². The summed E-state index contributed by atoms with van der Waals surface area (Å²) in [7, 11) is 1.62. The van der Waals surface area contributed by atoms with E-state index in [4.69, 9.17) is 23.2 Å². The number of aliphatic imine (C=N–C) groups is 1. The molecule has 0 bridgehead atoms. The van der Waals surface area contributed by atoms with Gasteiger partial charge in [-0.25, -0.2) is 9.67 Å². The first kappa shape index (κ1) is 23.1. The fourth-order valence-electron chi connectivity index (χ4n) is 2.29. The molecule has 4 rings (SSSR count). The first-order chi connectivity index (χ1) is 14.1. The number of amides is 1. The summed E-state index contributed by atoms with van der Waals surface area (Å²) in [6.45, 7) is 4.00. The number of H-pyrrole nitrogens is 1. The Morgan fingerprint density at radius 2 is 2.21 bits per heavy atom. The van der Waals surface area contributed by atoms with E-state index < -0.39 is 0 Å². The molecule has 1 aliphatic rings. The molecule has 2 N–H and O–H groups in total. The monoisotopic (exact) mass is 455 g/mol. The lowest BCUT2D eigenvalue weighted by atomic mass is 10.3. The first-order valence-electron chi connectivity index (χ1n) is 9.11. The van der Waals surface area contributed by atoms with Crippen LogP contribution in [0.3, 0.4) is 0 Å². The first-order valence-corrected chi connectivity index (χ1v) is 10.7. The summed E-state index contributed by atoms with van der Waals surface area (Å²) in [5.74, 6) is 0.993. The molecule has 1 saturated carbocycles. The van der Waals surface area contributed by atoms with E-state index in [1.54, 1.807) is 30.2 Å². The minimum atomic E-state index is -0.147. The molecule has 0 atom stereocenters. The van der Waals surface area contributed by atoms with Crippen molar-refractivity contribution in [3.63, 3.8) is 0 Å². The van der Waals surface area contributed by atoms with E-state index in [-0.39, 0.29) is 12.3 Å². The Morgan fingerprint density at radius 1 is 1.48 bits per heavy atom. The van der Waals surface area contributed by atoms with Gasteiger partial charge in [0.2, 0.25) is 5.91 Å². The normalized spacial score (nSPS) is 12.7. The molecular formula is C18H23Cl2N7OS. The summed E-state index contributed by atoms with van der Waals surface area (Å²) >= 11 is 12.0. The molecule has 3 aromatic rings. The third kappa shape index (κ3) is 7.26. The molecule has 0 spiro atoms. The molecule has 29 heavy (non-hydrogen) atoms. The van der Waals surface area contributed by atoms with Crippen molar-refractivity contribution in [2.45, 2.75) is 39.0 Å². The van der Waals surface area contributed by atoms with Gasteiger partial charge in [-0.2, -0.15) is 10.2 Å². The number of thiazole rings is 1. The van der Waals surface area contributed by atoms with Gasteiger partial charge in [0.15, 0.2) is 10.3 Å². The molecule has 3 heterocycles. The van der Waals surface area contributed by atoms with Gasteiger partial charge in [-0.3, -0.25) is 14.9 Å². The Balaban J connectivity index is 0.000000449. The Kier molecular flexibility index (Phi) is 9.30. The van der Waals surface area contributed by atoms with Gasteiger partial charge in [0, 0.05) is 30.9 Å². The zero-order valence-corrected chi connectivity index (χ0v) is 18.7. The number of nitrogens with one attached hydrogen (secondary N) is 2. The summed E-state index contributed by atoms with van der Waals surface area (Å²) in [6, 6.07) is 3.70. The van der Waals surface area contributed by atoms with Crippen LogP contribution >= 0.6 is 34.5 Å². The maximum absolute atomic E-state index is 12.1. The highest BCUT2D eigenvalue weighted by molar-refractivity contribution is 7.18. The lowest BCUT2D eigenvalue weighted by Crippen LogP contribution is -2.15. The van der Waals surface area contributed by atoms with E-state index in [1.165, 1.54) is 29.9 Å². The van der Waals surface area contributed by atoms with E-state index in [0.717, 1.165) is 10.7 Å². The summed E-state index contributed by atoms with van der Waals surface area (Å²) in [5.41, 5.74) is 2.98. The van der Waals surface area contributed by atoms with Gasteiger partial charge < -0.3 is 5.32 Å². The largest absolute Gasteiger partial charge is 0.309 e. The molecule has 0 radical (unpaired) electrons. The van der Waals surface area contributed by atoms with Gasteiger partial charge in [0.25, 0.3) is 0 Å². The number of nitrogens with zero attached hydrogens (tertiary/aromatic N) is 5. The lowest BCUT2D eigenvalue weighted by Gasteiger charge is -1.99. The lowest BCUT2D eigenvalue weighted by molar-refractivity contribution is -0.115. The van der Waals surface area contributed by atoms with Gasteiger partial charge in [0.05, 0.1) is 24.0 Å². The standard InChI is InChI=1S/C14H13ClN6OS.C2H4ClN.C2H6/c15-14-16-7-13(23-14)21-4-3-9(20-21)5-12(22)17-11-6-10(18-19-11)8-1-2-8;1-4-2-3;1-2/h3-4,6-8H,1-2,5H2,(H2,17,18,19,22);2H,1H3;1-2H3. The number of hydrogen-bond donors (Lipinski definition) is 2. The third-order valence-electron chi connectivity index (χ3n) is 3.66. The van der Waals surface area contributed by atoms with Crippen LogP contribution in [0.15, 0.2) is 29.5 Å². The molecule has 1 aliphatic carbocycles. The van der Waals surface area contributed by atoms with Gasteiger partial charge >= 0.3 is 0 Å². The van der Waals surface area contributed by atoms with Crippen LogP contribution in [0, 0.1) is 0 Å². The number of anilines is 1. The van der Waals surface area contributed by atoms with E-state index in [9.17, 15) is 4.79 Å². The molecule has 11 heteroatoms. The predicted octanol–water partition coefficient (Wildman–Crippen LogP) is 4.67. The van der Waals surface area contributed by atoms with Gasteiger partial charge in [0.1, 0.15) is 5.00 Å². The van der Waals surface area contributed by atoms with Crippen LogP contribution in [0.5, 0.6) is 0 Å². The summed E-state index contributed by atoms with van der Waals surface area (Å²) in [4.78, 5) is 19.4. The van der Waals surface area contributed by atoms with E-state index in [2.05, 4.69) is 30.6 Å². The number of rotatable bonds is 5. The topological polar surface area (TPSA) is 101 Å². The highest BCUT2D eigenvalue weighted by atomic mass is 35.5. The van der Waals surface area contributed by atoms with Crippen LogP contribution in [0.1, 0.15) is 44.0 Å². The maximum Gasteiger partial charge on any atom is 0.231 e. The molecule has 0 unspecified atom stereocenters. The minimum absolute atomic E-state index is 0.147. The highest BCUT2D eigenvalue weighted by Crippen LogP contribution is 2.39. The number of aromatic amines is 1. The number of halogens is 2. The van der Waals surface area contributed by atoms with Crippen LogP contribution in [0.25, 0.3) is 5.00 Å². The Morgan fingerprint density at radius 3 is 2.79 bits per heavy atom. The Bertz CT molecular complexity index is 926. The smallest absolute Gasteiger partial charge is 0.231 e. The quantitative estimate of drug-likeness (QED) is 0.545. The second kappa shape index (κ2) is 11.7. The molecule has 8 nitrogen and oxygen atoms in total. The van der Waals surface area contributed by atoms with Crippen molar-refractivity contribution in [2.24, 2.45) is 4.99 Å². The Hall–Kier alpha value is -2.23. The van der Waals surface area contributed by atoms with Crippen molar-refractivity contribution in [1.29, 1.82) is 0 Å². The van der Waals surface area contributed by atoms with Crippen LogP contribution in [0.4, 0.5) is 5.82 Å². The summed E-state index contributed by atoms with van der Waals surface area (Å²) < 4.78 is 2.12. The number of aromatic nitrogens is 5. The molecule has 1 amide bonds. The summed E-state index contributed by atoms with van der Waals surface area (Å²) in [6.07, 6.45) is 5.99. The third-order valence-corrected chi connectivity index (χ3v) is 4.96. The maximum atomic E-state index is 12.1. The van der Waals surface area contributed by atoms with Crippen LogP contribution in [-0.4, -0.2) is 43.6 Å². The molecule has 0 aliphatic heterocycles. The van der Waals surface area contributed by atoms with Crippen LogP contribution in [0.2, 0.25) is 4.47 Å². The number of hydrogen-bond acceptors (Lipinski definition) is 6. The minimum Gasteiger partial charge on any atom is -0.309 e. The molecular weight excluding hydrogens is 433 g/mol. The zero-order chi connectivity index (χ0) is 21.2. The number of carbonyl (C=O) groups excluding carboxylic acids is 1. The number of carbonyl (C=O) groups is 1. The highest BCUT2D eigenvalue weighted by Gasteiger charge is 2.25. The van der Waals surface area contributed by atoms with Crippen molar-refractivity contribution in [2.75, 3.05) is 12.4 Å². The molecule has 156 valence electrons. The summed E-state index contributed by atoms with van der Waals surface area (Å²) in [5, 5.41) is 15.0. The Labute approximate surface area is 183 Å². The second-order valence-electron chi connectivity index (χ2n) is 5.77. The van der Waals surface area contributed by atoms with Gasteiger partial charge in [-0.05, 0) is 18.9 Å². The second-order valence-corrected chi connectivity index (χ2v) is 7.55. The van der Waals surface area contributed by atoms with Crippen molar-refractivity contribution in [3.8, 4) is 5.00 Å². The molecule has 3 aromatic heterocycles. The SMILES string of the molecule is CC.CN=CCl.O=C(Cc1ccn(-c2cnc(Cl)s2)n1)Nc1cc(C2CC2)[nH]n1. The molecule has 0 saturated heterocycles. The molecule has 1 fully saturated rings. The van der Waals surface area contributed by atoms with Crippen molar-refractivity contribution in [3.05, 3.63) is 40.4 Å². The van der Waals surface area contributed by atoms with E-state index in [1.807, 2.05) is 19.9 Å². The van der Waals surface area contributed by atoms with E-state index >= 15 is 0 Å². The predicted molar refractivity (Wildman–Crippen MR) is 119 cm³/mol. The average molecular weight is 456 g/mol. The fourth-order valence-corrected chi connectivity index (χ4v) is 3.15. The molecule has 0 aromatic carbocycles. The van der Waals surface area contributed by atoms with Crippen molar-refractivity contribution < 1.29 is 4.79 Å². The van der Waals surface area contributed by atoms with Crippen LogP contribution < -0.4 is 5.32 Å². The zero-order valence-electron chi connectivity index (χ0n) is 16.4. The van der Waals surface area contributed by atoms with Gasteiger partial charge in [-0.1, -0.05) is 48.4 Å². The van der Waals surface area contributed by atoms with Crippen molar-refractivity contribution >= 4 is 51.9 Å². The average Bonchev–Trinajstić information content (AvgIpc) is 3.08. The fraction of sp³-hybridized carbons (Fsp3) is 0.389. The van der Waals surface area contributed by atoms with Crippen molar-refractivity contribution in [1.82, 2.24) is 25.0 Å².